The Morgan fingerprint density at radius 2 is 0.963 bits per heavy atom. The summed E-state index contributed by atoms with van der Waals surface area (Å²) in [5, 5.41) is 4.14. The Kier molecular flexibility index (Phi) is 16.3. The molecule has 4 rings (SSSR count). The van der Waals surface area contributed by atoms with Crippen LogP contribution in [0.25, 0.3) is 0 Å². The molecule has 0 unspecified atom stereocenters. The summed E-state index contributed by atoms with van der Waals surface area (Å²) in [6.07, 6.45) is -0.814. The molecule has 54 heavy (non-hydrogen) atoms. The van der Waals surface area contributed by atoms with Crippen LogP contribution in [0.4, 0.5) is 17.6 Å². The molecular weight excluding hydrogens is 749 g/mol. The van der Waals surface area contributed by atoms with E-state index in [0.717, 1.165) is 12.8 Å². The summed E-state index contributed by atoms with van der Waals surface area (Å²) in [5.74, 6) is -3.13. The molecule has 0 radical (unpaired) electrons. The molecule has 0 saturated carbocycles. The minimum atomic E-state index is -6.00. The first kappa shape index (κ1) is 45.8. The largest absolute Gasteiger partial charge is 0.743 e. The van der Waals surface area contributed by atoms with Crippen LogP contribution in [0.5, 0.6) is 17.2 Å². The molecule has 0 aliphatic heterocycles. The number of rotatable bonds is 12. The third-order valence-corrected chi connectivity index (χ3v) is 11.1. The van der Waals surface area contributed by atoms with Gasteiger partial charge in [0.15, 0.2) is 24.8 Å². The normalized spacial score (nSPS) is 12.1. The third kappa shape index (κ3) is 14.4. The standard InChI is InChI=1S/C24H25O2S.C12H16O3.C4H6F4O3S/c1-4-24(2,3)23(25)26-19-15-17-22(18-16-19)27(20-11-7-5-8-12-20)21-13-9-6-10-14-21;1-4-12(2,3)11(14)15-10-7-5-9(13)6-8-10;1-3(5,6)2-4(7,8)12(9,10)11/h5-18H,4H2,1-3H3;5-8,13H,4H2,1-3H3;2H2,1H3,(H,9,10,11)/q+1;;/p-1. The van der Waals surface area contributed by atoms with Crippen LogP contribution in [0.3, 0.4) is 0 Å². The minimum Gasteiger partial charge on any atom is -0.743 e. The van der Waals surface area contributed by atoms with Gasteiger partial charge in [-0.05, 0) is 120 Å². The number of phenols is 1. The molecule has 0 fully saturated rings. The van der Waals surface area contributed by atoms with Gasteiger partial charge in [-0.15, -0.1) is 0 Å². The van der Waals surface area contributed by atoms with Crippen molar-refractivity contribution in [3.05, 3.63) is 109 Å². The van der Waals surface area contributed by atoms with Crippen LogP contribution in [0.1, 0.15) is 67.7 Å². The first-order valence-corrected chi connectivity index (χ1v) is 19.4. The summed E-state index contributed by atoms with van der Waals surface area (Å²) in [6.45, 7) is 11.5. The van der Waals surface area contributed by atoms with E-state index in [1.165, 1.54) is 26.8 Å². The van der Waals surface area contributed by atoms with Crippen molar-refractivity contribution in [1.82, 2.24) is 0 Å². The average Bonchev–Trinajstić information content (AvgIpc) is 3.10. The number of phenolic OH excluding ortho intramolecular Hbond substituents is 1. The first-order valence-electron chi connectivity index (χ1n) is 16.8. The van der Waals surface area contributed by atoms with Gasteiger partial charge in [0.25, 0.3) is 5.92 Å². The highest BCUT2D eigenvalue weighted by atomic mass is 32.2. The number of ether oxygens (including phenoxy) is 2. The van der Waals surface area contributed by atoms with Gasteiger partial charge < -0.3 is 19.1 Å². The molecule has 0 amide bonds. The first-order chi connectivity index (χ1) is 24.9. The van der Waals surface area contributed by atoms with Gasteiger partial charge in [-0.3, -0.25) is 9.59 Å². The van der Waals surface area contributed by atoms with E-state index in [1.54, 1.807) is 12.1 Å². The summed E-state index contributed by atoms with van der Waals surface area (Å²) in [6, 6.07) is 35.0. The molecule has 0 atom stereocenters. The lowest BCUT2D eigenvalue weighted by molar-refractivity contribution is -0.144. The fourth-order valence-corrected chi connectivity index (χ4v) is 6.42. The summed E-state index contributed by atoms with van der Waals surface area (Å²) < 4.78 is 87.7. The van der Waals surface area contributed by atoms with Crippen molar-refractivity contribution in [2.24, 2.45) is 10.8 Å². The summed E-state index contributed by atoms with van der Waals surface area (Å²) in [4.78, 5) is 27.7. The Morgan fingerprint density at radius 1 is 0.630 bits per heavy atom. The molecule has 1 N–H and O–H groups in total. The van der Waals surface area contributed by atoms with E-state index in [9.17, 15) is 40.1 Å². The highest BCUT2D eigenvalue weighted by molar-refractivity contribution is 7.97. The highest BCUT2D eigenvalue weighted by Gasteiger charge is 2.45. The molecule has 0 bridgehead atoms. The van der Waals surface area contributed by atoms with Crippen LogP contribution in [-0.2, 0) is 30.6 Å². The van der Waals surface area contributed by atoms with E-state index in [2.05, 4.69) is 60.7 Å². The molecule has 0 spiro atoms. The fraction of sp³-hybridized carbons (Fsp3) is 0.350. The summed E-state index contributed by atoms with van der Waals surface area (Å²) >= 11 is 0. The number of carbonyl (C=O) groups is 2. The van der Waals surface area contributed by atoms with Gasteiger partial charge in [0, 0.05) is 0 Å². The maximum Gasteiger partial charge on any atom is 0.340 e. The minimum absolute atomic E-state index is 0.103. The van der Waals surface area contributed by atoms with Crippen molar-refractivity contribution in [2.75, 3.05) is 0 Å². The second-order valence-electron chi connectivity index (χ2n) is 13.5. The number of benzene rings is 4. The zero-order valence-electron chi connectivity index (χ0n) is 31.1. The van der Waals surface area contributed by atoms with Crippen LogP contribution in [0.2, 0.25) is 0 Å². The fourth-order valence-electron chi connectivity index (χ4n) is 3.91. The molecule has 8 nitrogen and oxygen atoms in total. The number of aromatic hydroxyl groups is 1. The molecule has 0 heterocycles. The van der Waals surface area contributed by atoms with E-state index < -0.39 is 38.5 Å². The van der Waals surface area contributed by atoms with E-state index in [0.29, 0.717) is 11.5 Å². The highest BCUT2D eigenvalue weighted by Crippen LogP contribution is 2.34. The van der Waals surface area contributed by atoms with Gasteiger partial charge in [-0.1, -0.05) is 50.2 Å². The van der Waals surface area contributed by atoms with Crippen LogP contribution >= 0.6 is 0 Å². The second-order valence-corrected chi connectivity index (χ2v) is 17.0. The molecule has 294 valence electrons. The van der Waals surface area contributed by atoms with Gasteiger partial charge in [0.2, 0.25) is 0 Å². The Hall–Kier alpha value is -4.40. The third-order valence-electron chi connectivity index (χ3n) is 8.03. The van der Waals surface area contributed by atoms with Gasteiger partial charge in [-0.25, -0.2) is 17.2 Å². The van der Waals surface area contributed by atoms with Crippen molar-refractivity contribution in [3.8, 4) is 17.2 Å². The molecule has 0 saturated heterocycles. The van der Waals surface area contributed by atoms with Gasteiger partial charge in [0.05, 0.1) is 28.1 Å². The van der Waals surface area contributed by atoms with Gasteiger partial charge in [-0.2, -0.15) is 8.78 Å². The Labute approximate surface area is 317 Å². The van der Waals surface area contributed by atoms with Crippen molar-refractivity contribution >= 4 is 33.0 Å². The molecule has 0 aliphatic rings. The smallest absolute Gasteiger partial charge is 0.340 e. The van der Waals surface area contributed by atoms with E-state index in [4.69, 9.17) is 14.6 Å². The number of esters is 2. The lowest BCUT2D eigenvalue weighted by Gasteiger charge is -2.22. The van der Waals surface area contributed by atoms with Gasteiger partial charge in [0.1, 0.15) is 17.2 Å². The molecule has 0 aromatic heterocycles. The van der Waals surface area contributed by atoms with Crippen LogP contribution in [0, 0.1) is 10.8 Å². The molecule has 4 aromatic rings. The maximum absolute atomic E-state index is 12.3. The maximum atomic E-state index is 12.3. The van der Waals surface area contributed by atoms with Crippen molar-refractivity contribution in [2.45, 2.75) is 93.6 Å². The Bertz CT molecular complexity index is 1840. The summed E-state index contributed by atoms with van der Waals surface area (Å²) in [5.41, 5.74) is -0.949. The molecular formula is C40H46F4O8S2. The van der Waals surface area contributed by atoms with Gasteiger partial charge >= 0.3 is 17.2 Å². The predicted octanol–water partition coefficient (Wildman–Crippen LogP) is 10.0. The van der Waals surface area contributed by atoms with Crippen molar-refractivity contribution in [1.29, 1.82) is 0 Å². The van der Waals surface area contributed by atoms with Crippen LogP contribution in [0.15, 0.2) is 124 Å². The predicted molar refractivity (Wildman–Crippen MR) is 199 cm³/mol. The lowest BCUT2D eigenvalue weighted by atomic mass is 9.91. The van der Waals surface area contributed by atoms with E-state index >= 15 is 0 Å². The van der Waals surface area contributed by atoms with Crippen molar-refractivity contribution in [3.63, 3.8) is 0 Å². The monoisotopic (exact) mass is 794 g/mol. The van der Waals surface area contributed by atoms with Crippen molar-refractivity contribution < 1.29 is 54.7 Å². The Balaban J connectivity index is 0.000000315. The average molecular weight is 795 g/mol. The number of hydrogen-bond donors (Lipinski definition) is 1. The number of carbonyl (C=O) groups excluding carboxylic acids is 2. The zero-order chi connectivity index (χ0) is 41.0. The Morgan fingerprint density at radius 3 is 1.26 bits per heavy atom. The summed E-state index contributed by atoms with van der Waals surface area (Å²) in [7, 11) is -6.19. The lowest BCUT2D eigenvalue weighted by Crippen LogP contribution is -2.34. The molecule has 0 aliphatic carbocycles. The number of alkyl halides is 4. The van der Waals surface area contributed by atoms with E-state index in [1.807, 2.05) is 65.8 Å². The number of halogens is 4. The topological polar surface area (TPSA) is 130 Å². The zero-order valence-corrected chi connectivity index (χ0v) is 32.8. The second kappa shape index (κ2) is 19.3. The SMILES string of the molecule is CC(F)(F)CC(F)(F)S(=O)(=O)[O-].CCC(C)(C)C(=O)Oc1ccc(O)cc1.CCC(C)(C)C(=O)Oc1ccc([S+](c2ccccc2)c2ccccc2)cc1. The quantitative estimate of drug-likeness (QED) is 0.0493. The number of hydrogen-bond acceptors (Lipinski definition) is 8. The van der Waals surface area contributed by atoms with E-state index in [-0.39, 0.29) is 35.5 Å². The molecule has 14 heteroatoms. The molecule has 4 aromatic carbocycles. The van der Waals surface area contributed by atoms with Crippen LogP contribution in [-0.4, -0.2) is 41.2 Å². The van der Waals surface area contributed by atoms with Crippen LogP contribution < -0.4 is 9.47 Å².